The zero-order valence-electron chi connectivity index (χ0n) is 12.8. The molecule has 1 rings (SSSR count). The Hall–Kier alpha value is -1.20. The molecule has 0 bridgehead atoms. The maximum Gasteiger partial charge on any atom is 0.387 e. The summed E-state index contributed by atoms with van der Waals surface area (Å²) in [6.45, 7) is 3.74. The third kappa shape index (κ3) is 7.97. The number of benzene rings is 1. The summed E-state index contributed by atoms with van der Waals surface area (Å²) in [7, 11) is 0. The van der Waals surface area contributed by atoms with E-state index in [-0.39, 0.29) is 11.8 Å². The van der Waals surface area contributed by atoms with Gasteiger partial charge in [-0.1, -0.05) is 25.5 Å². The van der Waals surface area contributed by atoms with E-state index < -0.39 is 6.61 Å². The molecule has 0 radical (unpaired) electrons. The van der Waals surface area contributed by atoms with Gasteiger partial charge in [0.05, 0.1) is 0 Å². The molecule has 0 aliphatic heterocycles. The van der Waals surface area contributed by atoms with Crippen LogP contribution < -0.4 is 10.1 Å². The van der Waals surface area contributed by atoms with Crippen molar-refractivity contribution < 1.29 is 18.3 Å². The van der Waals surface area contributed by atoms with Crippen LogP contribution in [0.4, 0.5) is 8.78 Å². The number of halogens is 2. The van der Waals surface area contributed by atoms with E-state index in [0.29, 0.717) is 0 Å². The molecule has 3 nitrogen and oxygen atoms in total. The van der Waals surface area contributed by atoms with Gasteiger partial charge in [-0.2, -0.15) is 8.78 Å². The summed E-state index contributed by atoms with van der Waals surface area (Å²) in [6.07, 6.45) is 3.17. The Morgan fingerprint density at radius 1 is 1.19 bits per heavy atom. The zero-order valence-corrected chi connectivity index (χ0v) is 12.8. The molecule has 120 valence electrons. The molecule has 0 heterocycles. The lowest BCUT2D eigenvalue weighted by Gasteiger charge is -2.15. The first-order chi connectivity index (χ1) is 10.1. The summed E-state index contributed by atoms with van der Waals surface area (Å²) in [6, 6.07) is 6.88. The first-order valence-corrected chi connectivity index (χ1v) is 7.49. The first-order valence-electron chi connectivity index (χ1n) is 7.49. The van der Waals surface area contributed by atoms with Gasteiger partial charge in [0.25, 0.3) is 0 Å². The molecule has 1 aromatic rings. The molecule has 1 atom stereocenters. The third-order valence-corrected chi connectivity index (χ3v) is 3.14. The van der Waals surface area contributed by atoms with Crippen LogP contribution in [0.3, 0.4) is 0 Å². The van der Waals surface area contributed by atoms with Gasteiger partial charge in [0.15, 0.2) is 0 Å². The molecule has 0 fully saturated rings. The fourth-order valence-corrected chi connectivity index (χ4v) is 1.92. The molecule has 1 N–H and O–H groups in total. The van der Waals surface area contributed by atoms with Gasteiger partial charge in [0, 0.05) is 19.3 Å². The minimum absolute atomic E-state index is 0.0851. The van der Waals surface area contributed by atoms with Crippen LogP contribution in [-0.4, -0.2) is 26.4 Å². The highest BCUT2D eigenvalue weighted by molar-refractivity contribution is 5.30. The fourth-order valence-electron chi connectivity index (χ4n) is 1.92. The van der Waals surface area contributed by atoms with Gasteiger partial charge >= 0.3 is 6.61 Å². The van der Waals surface area contributed by atoms with Crippen LogP contribution in [-0.2, 0) is 4.74 Å². The Morgan fingerprint density at radius 2 is 1.95 bits per heavy atom. The van der Waals surface area contributed by atoms with E-state index in [4.69, 9.17) is 4.74 Å². The van der Waals surface area contributed by atoms with Crippen LogP contribution in [0.1, 0.15) is 44.7 Å². The van der Waals surface area contributed by atoms with Crippen molar-refractivity contribution in [3.05, 3.63) is 29.8 Å². The number of unbranched alkanes of at least 4 members (excludes halogenated alkanes) is 1. The third-order valence-electron chi connectivity index (χ3n) is 3.14. The second-order valence-electron chi connectivity index (χ2n) is 4.95. The van der Waals surface area contributed by atoms with Crippen molar-refractivity contribution >= 4 is 0 Å². The summed E-state index contributed by atoms with van der Waals surface area (Å²) in [5.41, 5.74) is 0.931. The molecule has 0 spiro atoms. The van der Waals surface area contributed by atoms with Crippen molar-refractivity contribution in [1.29, 1.82) is 0 Å². The molecule has 0 saturated heterocycles. The van der Waals surface area contributed by atoms with Crippen LogP contribution in [0.15, 0.2) is 24.3 Å². The SMILES string of the molecule is CCCCOCCCNC(C)c1cccc(OC(F)F)c1. The van der Waals surface area contributed by atoms with E-state index in [1.165, 1.54) is 6.07 Å². The second-order valence-corrected chi connectivity index (χ2v) is 4.95. The van der Waals surface area contributed by atoms with Crippen LogP contribution in [0.5, 0.6) is 5.75 Å². The standard InChI is InChI=1S/C16H25F2NO2/c1-3-4-10-20-11-6-9-19-13(2)14-7-5-8-15(12-14)21-16(17)18/h5,7-8,12-13,16,19H,3-4,6,9-11H2,1-2H3. The molecule has 1 aromatic carbocycles. The summed E-state index contributed by atoms with van der Waals surface area (Å²) >= 11 is 0. The molecule has 0 amide bonds. The van der Waals surface area contributed by atoms with Gasteiger partial charge in [-0.3, -0.25) is 0 Å². The van der Waals surface area contributed by atoms with Gasteiger partial charge in [-0.25, -0.2) is 0 Å². The summed E-state index contributed by atoms with van der Waals surface area (Å²) in [4.78, 5) is 0. The van der Waals surface area contributed by atoms with Crippen LogP contribution >= 0.6 is 0 Å². The Kier molecular flexibility index (Phi) is 8.94. The van der Waals surface area contributed by atoms with Crippen molar-refractivity contribution in [2.75, 3.05) is 19.8 Å². The number of hydrogen-bond acceptors (Lipinski definition) is 3. The highest BCUT2D eigenvalue weighted by atomic mass is 19.3. The van der Waals surface area contributed by atoms with Gasteiger partial charge in [0.1, 0.15) is 5.75 Å². The highest BCUT2D eigenvalue weighted by Crippen LogP contribution is 2.20. The average molecular weight is 301 g/mol. The lowest BCUT2D eigenvalue weighted by molar-refractivity contribution is -0.0499. The molecule has 0 aromatic heterocycles. The van der Waals surface area contributed by atoms with Crippen molar-refractivity contribution in [1.82, 2.24) is 5.32 Å². The number of nitrogens with one attached hydrogen (secondary N) is 1. The van der Waals surface area contributed by atoms with E-state index >= 15 is 0 Å². The number of alkyl halides is 2. The summed E-state index contributed by atoms with van der Waals surface area (Å²) < 4.78 is 34.2. The normalized spacial score (nSPS) is 12.6. The van der Waals surface area contributed by atoms with Gasteiger partial charge in [0.2, 0.25) is 0 Å². The number of rotatable bonds is 11. The molecule has 0 aliphatic carbocycles. The van der Waals surface area contributed by atoms with E-state index in [1.54, 1.807) is 12.1 Å². The molecule has 1 unspecified atom stereocenters. The van der Waals surface area contributed by atoms with Crippen molar-refractivity contribution in [2.45, 2.75) is 45.8 Å². The molecule has 5 heteroatoms. The van der Waals surface area contributed by atoms with Crippen molar-refractivity contribution in [3.63, 3.8) is 0 Å². The quantitative estimate of drug-likeness (QED) is 0.623. The van der Waals surface area contributed by atoms with E-state index in [0.717, 1.165) is 44.6 Å². The predicted molar refractivity (Wildman–Crippen MR) is 79.8 cm³/mol. The molecule has 0 aliphatic rings. The number of ether oxygens (including phenoxy) is 2. The predicted octanol–water partition coefficient (Wildman–Crippen LogP) is 4.15. The molecular formula is C16H25F2NO2. The van der Waals surface area contributed by atoms with Crippen LogP contribution in [0.25, 0.3) is 0 Å². The maximum absolute atomic E-state index is 12.2. The zero-order chi connectivity index (χ0) is 15.5. The van der Waals surface area contributed by atoms with Crippen LogP contribution in [0, 0.1) is 0 Å². The average Bonchev–Trinajstić information content (AvgIpc) is 2.45. The Balaban J connectivity index is 2.26. The van der Waals surface area contributed by atoms with Crippen LogP contribution in [0.2, 0.25) is 0 Å². The molecular weight excluding hydrogens is 276 g/mol. The fraction of sp³-hybridized carbons (Fsp3) is 0.625. The lowest BCUT2D eigenvalue weighted by atomic mass is 10.1. The van der Waals surface area contributed by atoms with Gasteiger partial charge in [-0.15, -0.1) is 0 Å². The van der Waals surface area contributed by atoms with Crippen molar-refractivity contribution in [2.24, 2.45) is 0 Å². The van der Waals surface area contributed by atoms with Crippen molar-refractivity contribution in [3.8, 4) is 5.75 Å². The highest BCUT2D eigenvalue weighted by Gasteiger charge is 2.08. The summed E-state index contributed by atoms with van der Waals surface area (Å²) in [5, 5.41) is 3.35. The largest absolute Gasteiger partial charge is 0.435 e. The van der Waals surface area contributed by atoms with Gasteiger partial charge < -0.3 is 14.8 Å². The molecule has 21 heavy (non-hydrogen) atoms. The Morgan fingerprint density at radius 3 is 2.67 bits per heavy atom. The smallest absolute Gasteiger partial charge is 0.387 e. The van der Waals surface area contributed by atoms with E-state index in [1.807, 2.05) is 13.0 Å². The monoisotopic (exact) mass is 301 g/mol. The van der Waals surface area contributed by atoms with E-state index in [2.05, 4.69) is 17.0 Å². The maximum atomic E-state index is 12.2. The molecule has 0 saturated carbocycles. The number of hydrogen-bond donors (Lipinski definition) is 1. The Labute approximate surface area is 125 Å². The summed E-state index contributed by atoms with van der Waals surface area (Å²) in [5.74, 6) is 0.194. The topological polar surface area (TPSA) is 30.5 Å². The minimum Gasteiger partial charge on any atom is -0.435 e. The van der Waals surface area contributed by atoms with E-state index in [9.17, 15) is 8.78 Å². The lowest BCUT2D eigenvalue weighted by Crippen LogP contribution is -2.21. The Bertz CT molecular complexity index is 388. The minimum atomic E-state index is -2.79. The van der Waals surface area contributed by atoms with Gasteiger partial charge in [-0.05, 0) is 44.0 Å². The first kappa shape index (κ1) is 17.9. The second kappa shape index (κ2) is 10.5.